The van der Waals surface area contributed by atoms with Crippen molar-refractivity contribution >= 4 is 17.6 Å². The van der Waals surface area contributed by atoms with Crippen LogP contribution in [0, 0.1) is 6.92 Å². The lowest BCUT2D eigenvalue weighted by Gasteiger charge is -2.03. The van der Waals surface area contributed by atoms with Gasteiger partial charge >= 0.3 is 0 Å². The van der Waals surface area contributed by atoms with Gasteiger partial charge in [0.05, 0.1) is 10.7 Å². The molecule has 0 aromatic carbocycles. The molecule has 6 nitrogen and oxygen atoms in total. The SMILES string of the molecule is Cc1cc(Sc2ccnc(C(N)=NO)c2)n(C)n1. The summed E-state index contributed by atoms with van der Waals surface area (Å²) in [5.74, 6) is -0.00126. The Morgan fingerprint density at radius 2 is 2.28 bits per heavy atom. The summed E-state index contributed by atoms with van der Waals surface area (Å²) in [7, 11) is 1.89. The molecule has 0 unspecified atom stereocenters. The van der Waals surface area contributed by atoms with Crippen molar-refractivity contribution in [3.63, 3.8) is 0 Å². The molecule has 0 aliphatic heterocycles. The fourth-order valence-electron chi connectivity index (χ4n) is 1.47. The predicted octanol–water partition coefficient (Wildman–Crippen LogP) is 1.37. The molecule has 2 rings (SSSR count). The molecule has 0 aliphatic carbocycles. The smallest absolute Gasteiger partial charge is 0.188 e. The van der Waals surface area contributed by atoms with Gasteiger partial charge in [0.1, 0.15) is 5.69 Å². The maximum Gasteiger partial charge on any atom is 0.188 e. The third kappa shape index (κ3) is 2.62. The van der Waals surface area contributed by atoms with Crippen molar-refractivity contribution in [2.24, 2.45) is 17.9 Å². The zero-order valence-electron chi connectivity index (χ0n) is 10.0. The second kappa shape index (κ2) is 5.09. The molecule has 0 saturated heterocycles. The lowest BCUT2D eigenvalue weighted by Crippen LogP contribution is -2.14. The van der Waals surface area contributed by atoms with Crippen LogP contribution in [0.3, 0.4) is 0 Å². The zero-order chi connectivity index (χ0) is 13.1. The molecule has 0 radical (unpaired) electrons. The van der Waals surface area contributed by atoms with Gasteiger partial charge in [-0.15, -0.1) is 0 Å². The van der Waals surface area contributed by atoms with Crippen LogP contribution < -0.4 is 5.73 Å². The van der Waals surface area contributed by atoms with E-state index in [0.29, 0.717) is 5.69 Å². The molecule has 94 valence electrons. The van der Waals surface area contributed by atoms with Gasteiger partial charge in [-0.1, -0.05) is 16.9 Å². The van der Waals surface area contributed by atoms with Crippen molar-refractivity contribution < 1.29 is 5.21 Å². The molecular weight excluding hydrogens is 250 g/mol. The molecule has 0 spiro atoms. The Kier molecular flexibility index (Phi) is 3.52. The number of pyridine rings is 1. The Balaban J connectivity index is 2.27. The van der Waals surface area contributed by atoms with Crippen LogP contribution in [0.15, 0.2) is 39.5 Å². The normalized spacial score (nSPS) is 11.8. The average molecular weight is 263 g/mol. The lowest BCUT2D eigenvalue weighted by molar-refractivity contribution is 0.318. The molecule has 3 N–H and O–H groups in total. The molecule has 18 heavy (non-hydrogen) atoms. The molecule has 0 atom stereocenters. The summed E-state index contributed by atoms with van der Waals surface area (Å²) >= 11 is 1.55. The van der Waals surface area contributed by atoms with Crippen molar-refractivity contribution in [2.45, 2.75) is 16.8 Å². The lowest BCUT2D eigenvalue weighted by atomic mass is 10.3. The van der Waals surface area contributed by atoms with Crippen molar-refractivity contribution in [1.29, 1.82) is 0 Å². The van der Waals surface area contributed by atoms with Gasteiger partial charge < -0.3 is 10.9 Å². The van der Waals surface area contributed by atoms with Crippen molar-refractivity contribution in [1.82, 2.24) is 14.8 Å². The van der Waals surface area contributed by atoms with E-state index in [4.69, 9.17) is 10.9 Å². The maximum absolute atomic E-state index is 8.62. The fraction of sp³-hybridized carbons (Fsp3) is 0.182. The number of aromatic nitrogens is 3. The van der Waals surface area contributed by atoms with Crippen molar-refractivity contribution in [3.05, 3.63) is 35.8 Å². The minimum Gasteiger partial charge on any atom is -0.409 e. The highest BCUT2D eigenvalue weighted by Gasteiger charge is 2.07. The third-order valence-corrected chi connectivity index (χ3v) is 3.36. The number of rotatable bonds is 3. The van der Waals surface area contributed by atoms with Gasteiger partial charge in [-0.25, -0.2) is 0 Å². The van der Waals surface area contributed by atoms with Crippen LogP contribution in [-0.2, 0) is 7.05 Å². The van der Waals surface area contributed by atoms with E-state index in [1.165, 1.54) is 0 Å². The van der Waals surface area contributed by atoms with Crippen molar-refractivity contribution in [3.8, 4) is 0 Å². The standard InChI is InChI=1S/C11H13N5OS/c1-7-5-10(16(2)14-7)18-8-3-4-13-9(6-8)11(12)15-17/h3-6,17H,1-2H3,(H2,12,15). The molecule has 0 saturated carbocycles. The first-order valence-electron chi connectivity index (χ1n) is 5.22. The summed E-state index contributed by atoms with van der Waals surface area (Å²) in [5, 5.41) is 16.8. The van der Waals surface area contributed by atoms with E-state index in [1.54, 1.807) is 24.0 Å². The van der Waals surface area contributed by atoms with Crippen LogP contribution >= 0.6 is 11.8 Å². The Labute approximate surface area is 109 Å². The molecule has 0 aliphatic rings. The molecule has 0 bridgehead atoms. The summed E-state index contributed by atoms with van der Waals surface area (Å²) < 4.78 is 1.81. The number of nitrogens with zero attached hydrogens (tertiary/aromatic N) is 4. The van der Waals surface area contributed by atoms with Crippen LogP contribution in [-0.4, -0.2) is 25.8 Å². The van der Waals surface area contributed by atoms with Gasteiger partial charge in [-0.2, -0.15) is 5.10 Å². The summed E-state index contributed by atoms with van der Waals surface area (Å²) in [4.78, 5) is 4.98. The van der Waals surface area contributed by atoms with Crippen LogP contribution in [0.25, 0.3) is 0 Å². The summed E-state index contributed by atoms with van der Waals surface area (Å²) in [6.45, 7) is 1.94. The van der Waals surface area contributed by atoms with Crippen LogP contribution in [0.1, 0.15) is 11.4 Å². The number of amidine groups is 1. The van der Waals surface area contributed by atoms with E-state index in [0.717, 1.165) is 15.6 Å². The maximum atomic E-state index is 8.62. The first-order chi connectivity index (χ1) is 8.60. The van der Waals surface area contributed by atoms with E-state index in [-0.39, 0.29) is 5.84 Å². The first kappa shape index (κ1) is 12.4. The predicted molar refractivity (Wildman–Crippen MR) is 68.8 cm³/mol. The van der Waals surface area contributed by atoms with Crippen molar-refractivity contribution in [2.75, 3.05) is 0 Å². The van der Waals surface area contributed by atoms with E-state index >= 15 is 0 Å². The van der Waals surface area contributed by atoms with Gasteiger partial charge in [0.2, 0.25) is 0 Å². The van der Waals surface area contributed by atoms with Crippen LogP contribution in [0.4, 0.5) is 0 Å². The van der Waals surface area contributed by atoms with E-state index in [9.17, 15) is 0 Å². The largest absolute Gasteiger partial charge is 0.409 e. The minimum atomic E-state index is -0.00126. The minimum absolute atomic E-state index is 0.00126. The quantitative estimate of drug-likeness (QED) is 0.378. The van der Waals surface area contributed by atoms with Gasteiger partial charge in [0.15, 0.2) is 5.84 Å². The summed E-state index contributed by atoms with van der Waals surface area (Å²) in [6, 6.07) is 5.62. The Bertz CT molecular complexity index is 593. The molecular formula is C11H13N5OS. The van der Waals surface area contributed by atoms with E-state index in [1.807, 2.05) is 30.8 Å². The van der Waals surface area contributed by atoms with Gasteiger partial charge in [0.25, 0.3) is 0 Å². The summed E-state index contributed by atoms with van der Waals surface area (Å²) in [6.07, 6.45) is 1.62. The highest BCUT2D eigenvalue weighted by molar-refractivity contribution is 7.99. The number of nitrogens with two attached hydrogens (primary N) is 1. The Morgan fingerprint density at radius 3 is 2.89 bits per heavy atom. The number of oxime groups is 1. The van der Waals surface area contributed by atoms with Crippen LogP contribution in [0.5, 0.6) is 0 Å². The van der Waals surface area contributed by atoms with Gasteiger partial charge in [-0.05, 0) is 25.1 Å². The topological polar surface area (TPSA) is 89.3 Å². The number of aryl methyl sites for hydroxylation is 2. The molecule has 2 aromatic heterocycles. The highest BCUT2D eigenvalue weighted by atomic mass is 32.2. The second-order valence-corrected chi connectivity index (χ2v) is 4.81. The van der Waals surface area contributed by atoms with Gasteiger partial charge in [0, 0.05) is 18.1 Å². The average Bonchev–Trinajstić information content (AvgIpc) is 2.67. The first-order valence-corrected chi connectivity index (χ1v) is 6.04. The van der Waals surface area contributed by atoms with E-state index < -0.39 is 0 Å². The zero-order valence-corrected chi connectivity index (χ0v) is 10.8. The molecule has 2 heterocycles. The molecule has 0 fully saturated rings. The number of hydrogen-bond acceptors (Lipinski definition) is 5. The number of hydrogen-bond donors (Lipinski definition) is 2. The Morgan fingerprint density at radius 1 is 1.50 bits per heavy atom. The molecule has 7 heteroatoms. The Hall–Kier alpha value is -2.02. The van der Waals surface area contributed by atoms with Crippen LogP contribution in [0.2, 0.25) is 0 Å². The fourth-order valence-corrected chi connectivity index (χ4v) is 2.41. The molecule has 0 amide bonds. The second-order valence-electron chi connectivity index (χ2n) is 3.71. The monoisotopic (exact) mass is 263 g/mol. The third-order valence-electron chi connectivity index (χ3n) is 2.28. The summed E-state index contributed by atoms with van der Waals surface area (Å²) in [5.41, 5.74) is 6.91. The van der Waals surface area contributed by atoms with Gasteiger partial charge in [-0.3, -0.25) is 9.67 Å². The highest BCUT2D eigenvalue weighted by Crippen LogP contribution is 2.27. The van der Waals surface area contributed by atoms with E-state index in [2.05, 4.69) is 15.2 Å². The molecule has 2 aromatic rings.